The minimum Gasteiger partial charge on any atom is -0.497 e. The topological polar surface area (TPSA) is 98.6 Å². The van der Waals surface area contributed by atoms with Gasteiger partial charge in [-0.25, -0.2) is 9.48 Å². The summed E-state index contributed by atoms with van der Waals surface area (Å²) in [6, 6.07) is 7.33. The maximum Gasteiger partial charge on any atom is 0.360 e. The van der Waals surface area contributed by atoms with Gasteiger partial charge in [0.25, 0.3) is 0 Å². The number of carbonyl (C=O) groups is 2. The zero-order valence-electron chi connectivity index (χ0n) is 17.9. The Labute approximate surface area is 176 Å². The normalized spacial score (nSPS) is 19.1. The number of methoxy groups -OCH3 is 2. The van der Waals surface area contributed by atoms with Crippen molar-refractivity contribution >= 4 is 11.9 Å². The summed E-state index contributed by atoms with van der Waals surface area (Å²) in [5.41, 5.74) is 1.17. The Kier molecular flexibility index (Phi) is 7.04. The summed E-state index contributed by atoms with van der Waals surface area (Å²) < 4.78 is 11.5. The van der Waals surface area contributed by atoms with E-state index in [0.717, 1.165) is 17.9 Å². The number of rotatable bonds is 8. The van der Waals surface area contributed by atoms with E-state index in [-0.39, 0.29) is 23.7 Å². The lowest BCUT2D eigenvalue weighted by Crippen LogP contribution is -2.44. The SMILES string of the molecule is COC(=O)c1cn([C@H]2C[C@@H](C(=O)NCc3ccc(OC)cc3)N(CC(C)C)C2)nn1. The first-order chi connectivity index (χ1) is 14.4. The van der Waals surface area contributed by atoms with E-state index in [0.29, 0.717) is 25.4 Å². The van der Waals surface area contributed by atoms with Gasteiger partial charge in [0.05, 0.1) is 32.5 Å². The van der Waals surface area contributed by atoms with E-state index in [4.69, 9.17) is 9.47 Å². The summed E-state index contributed by atoms with van der Waals surface area (Å²) in [7, 11) is 2.93. The van der Waals surface area contributed by atoms with Crippen LogP contribution in [0.1, 0.15) is 42.4 Å². The Morgan fingerprint density at radius 3 is 2.60 bits per heavy atom. The van der Waals surface area contributed by atoms with Gasteiger partial charge in [-0.2, -0.15) is 0 Å². The zero-order chi connectivity index (χ0) is 21.7. The molecule has 2 heterocycles. The molecule has 1 saturated heterocycles. The van der Waals surface area contributed by atoms with Crippen molar-refractivity contribution < 1.29 is 19.1 Å². The third kappa shape index (κ3) is 5.15. The number of amides is 1. The summed E-state index contributed by atoms with van der Waals surface area (Å²) in [6.07, 6.45) is 2.19. The van der Waals surface area contributed by atoms with E-state index in [9.17, 15) is 9.59 Å². The van der Waals surface area contributed by atoms with Gasteiger partial charge in [-0.1, -0.05) is 31.2 Å². The minimum atomic E-state index is -0.521. The van der Waals surface area contributed by atoms with E-state index in [1.165, 1.54) is 7.11 Å². The molecule has 0 spiro atoms. The maximum absolute atomic E-state index is 13.0. The van der Waals surface area contributed by atoms with E-state index in [2.05, 4.69) is 34.4 Å². The van der Waals surface area contributed by atoms with Gasteiger partial charge in [-0.05, 0) is 30.0 Å². The van der Waals surface area contributed by atoms with E-state index < -0.39 is 5.97 Å². The predicted octanol–water partition coefficient (Wildman–Crippen LogP) is 1.66. The van der Waals surface area contributed by atoms with Gasteiger partial charge >= 0.3 is 5.97 Å². The standard InChI is InChI=1S/C21H29N5O4/c1-14(2)11-25-12-16(26-13-18(23-24-26)21(28)30-4)9-19(25)20(27)22-10-15-5-7-17(29-3)8-6-15/h5-8,13-14,16,19H,9-12H2,1-4H3,(H,22,27)/t16-,19-/m0/s1. The number of carbonyl (C=O) groups excluding carboxylic acids is 2. The lowest BCUT2D eigenvalue weighted by molar-refractivity contribution is -0.125. The molecule has 0 bridgehead atoms. The average molecular weight is 415 g/mol. The Hall–Kier alpha value is -2.94. The molecule has 0 saturated carbocycles. The molecule has 1 fully saturated rings. The van der Waals surface area contributed by atoms with Crippen LogP contribution in [0.4, 0.5) is 0 Å². The number of likely N-dealkylation sites (tertiary alicyclic amines) is 1. The van der Waals surface area contributed by atoms with E-state index >= 15 is 0 Å². The average Bonchev–Trinajstić information content (AvgIpc) is 3.39. The van der Waals surface area contributed by atoms with Crippen molar-refractivity contribution in [3.05, 3.63) is 41.7 Å². The summed E-state index contributed by atoms with van der Waals surface area (Å²) in [5.74, 6) is 0.669. The van der Waals surface area contributed by atoms with Gasteiger partial charge in [0.15, 0.2) is 5.69 Å². The molecule has 0 unspecified atom stereocenters. The molecule has 1 aliphatic heterocycles. The first kappa shape index (κ1) is 21.8. The Morgan fingerprint density at radius 2 is 1.97 bits per heavy atom. The molecule has 1 N–H and O–H groups in total. The third-order valence-corrected chi connectivity index (χ3v) is 5.19. The molecule has 1 aromatic heterocycles. The van der Waals surface area contributed by atoms with Gasteiger partial charge in [-0.15, -0.1) is 5.10 Å². The fraction of sp³-hybridized carbons (Fsp3) is 0.524. The first-order valence-electron chi connectivity index (χ1n) is 10.1. The smallest absolute Gasteiger partial charge is 0.360 e. The molecule has 0 aliphatic carbocycles. The van der Waals surface area contributed by atoms with Crippen LogP contribution in [0, 0.1) is 5.92 Å². The second kappa shape index (κ2) is 9.71. The highest BCUT2D eigenvalue weighted by atomic mass is 16.5. The largest absolute Gasteiger partial charge is 0.497 e. The van der Waals surface area contributed by atoms with E-state index in [1.54, 1.807) is 18.0 Å². The number of hydrogen-bond acceptors (Lipinski definition) is 7. The van der Waals surface area contributed by atoms with Crippen LogP contribution >= 0.6 is 0 Å². The van der Waals surface area contributed by atoms with Crippen molar-refractivity contribution in [2.45, 2.75) is 38.9 Å². The van der Waals surface area contributed by atoms with Crippen LogP contribution in [0.5, 0.6) is 5.75 Å². The molecule has 30 heavy (non-hydrogen) atoms. The number of nitrogens with one attached hydrogen (secondary N) is 1. The summed E-state index contributed by atoms with van der Waals surface area (Å²) >= 11 is 0. The van der Waals surface area contributed by atoms with Crippen LogP contribution in [-0.2, 0) is 16.1 Å². The molecule has 2 aromatic rings. The van der Waals surface area contributed by atoms with Crippen molar-refractivity contribution in [2.24, 2.45) is 5.92 Å². The zero-order valence-corrected chi connectivity index (χ0v) is 17.9. The van der Waals surface area contributed by atoms with Crippen LogP contribution < -0.4 is 10.1 Å². The van der Waals surface area contributed by atoms with Crippen LogP contribution in [0.15, 0.2) is 30.5 Å². The molecule has 1 aromatic carbocycles. The van der Waals surface area contributed by atoms with Gasteiger partial charge in [0.1, 0.15) is 5.75 Å². The molecule has 2 atom stereocenters. The Balaban J connectivity index is 1.66. The van der Waals surface area contributed by atoms with Gasteiger partial charge in [0.2, 0.25) is 5.91 Å². The fourth-order valence-corrected chi connectivity index (χ4v) is 3.72. The van der Waals surface area contributed by atoms with Crippen molar-refractivity contribution in [1.29, 1.82) is 0 Å². The summed E-state index contributed by atoms with van der Waals surface area (Å²) in [5, 5.41) is 11.0. The Bertz CT molecular complexity index is 865. The van der Waals surface area contributed by atoms with Crippen molar-refractivity contribution in [2.75, 3.05) is 27.3 Å². The molecule has 162 valence electrons. The van der Waals surface area contributed by atoms with E-state index in [1.807, 2.05) is 24.3 Å². The van der Waals surface area contributed by atoms with Gasteiger partial charge in [-0.3, -0.25) is 9.69 Å². The monoisotopic (exact) mass is 415 g/mol. The number of aromatic nitrogens is 3. The molecule has 1 amide bonds. The minimum absolute atomic E-state index is 0.0118. The number of hydrogen-bond donors (Lipinski definition) is 1. The number of benzene rings is 1. The summed E-state index contributed by atoms with van der Waals surface area (Å²) in [6.45, 7) is 6.18. The van der Waals surface area contributed by atoms with Crippen molar-refractivity contribution in [1.82, 2.24) is 25.2 Å². The molecule has 9 nitrogen and oxygen atoms in total. The third-order valence-electron chi connectivity index (χ3n) is 5.19. The van der Waals surface area contributed by atoms with Crippen molar-refractivity contribution in [3.63, 3.8) is 0 Å². The highest BCUT2D eigenvalue weighted by Gasteiger charge is 2.38. The molecular formula is C21H29N5O4. The lowest BCUT2D eigenvalue weighted by Gasteiger charge is -2.25. The summed E-state index contributed by atoms with van der Waals surface area (Å²) in [4.78, 5) is 26.8. The highest BCUT2D eigenvalue weighted by Crippen LogP contribution is 2.28. The molecule has 1 aliphatic rings. The predicted molar refractivity (Wildman–Crippen MR) is 110 cm³/mol. The van der Waals surface area contributed by atoms with Crippen LogP contribution in [0.2, 0.25) is 0 Å². The first-order valence-corrected chi connectivity index (χ1v) is 10.1. The second-order valence-electron chi connectivity index (χ2n) is 7.89. The quantitative estimate of drug-likeness (QED) is 0.655. The number of esters is 1. The lowest BCUT2D eigenvalue weighted by atomic mass is 10.1. The molecule has 9 heteroatoms. The van der Waals surface area contributed by atoms with Crippen molar-refractivity contribution in [3.8, 4) is 5.75 Å². The van der Waals surface area contributed by atoms with Crippen LogP contribution in [-0.4, -0.2) is 65.1 Å². The fourth-order valence-electron chi connectivity index (χ4n) is 3.72. The maximum atomic E-state index is 13.0. The number of nitrogens with zero attached hydrogens (tertiary/aromatic N) is 4. The molecular weight excluding hydrogens is 386 g/mol. The van der Waals surface area contributed by atoms with Crippen LogP contribution in [0.25, 0.3) is 0 Å². The van der Waals surface area contributed by atoms with Gasteiger partial charge < -0.3 is 14.8 Å². The molecule has 0 radical (unpaired) electrons. The highest BCUT2D eigenvalue weighted by molar-refractivity contribution is 5.86. The number of ether oxygens (including phenoxy) is 2. The second-order valence-corrected chi connectivity index (χ2v) is 7.89. The molecule has 3 rings (SSSR count). The van der Waals surface area contributed by atoms with Crippen LogP contribution in [0.3, 0.4) is 0 Å². The Morgan fingerprint density at radius 1 is 1.23 bits per heavy atom. The van der Waals surface area contributed by atoms with Gasteiger partial charge in [0, 0.05) is 19.6 Å².